The van der Waals surface area contributed by atoms with Crippen LogP contribution < -0.4 is 14.8 Å². The number of rotatable bonds is 7. The maximum atomic E-state index is 13.5. The Hall–Kier alpha value is -3.35. The fraction of sp³-hybridized carbons (Fsp3) is 0.350. The minimum atomic E-state index is -3.14. The summed E-state index contributed by atoms with van der Waals surface area (Å²) in [5.74, 6) is -1.82. The SMILES string of the molecule is Cn1c(C(=O)NC2(C)CS(=O)(=O)C2)nc2ccc(Oc3ncc(F)cc3OCC(F)F)cc21. The number of alkyl halides is 2. The third-order valence-corrected chi connectivity index (χ3v) is 7.07. The number of nitrogens with zero attached hydrogens (tertiary/aromatic N) is 3. The van der Waals surface area contributed by atoms with E-state index < -0.39 is 40.1 Å². The highest BCUT2D eigenvalue weighted by Gasteiger charge is 2.46. The summed E-state index contributed by atoms with van der Waals surface area (Å²) in [5, 5.41) is 2.70. The van der Waals surface area contributed by atoms with Crippen molar-refractivity contribution in [3.8, 4) is 17.4 Å². The van der Waals surface area contributed by atoms with Crippen LogP contribution in [0.1, 0.15) is 17.5 Å². The predicted molar refractivity (Wildman–Crippen MR) is 111 cm³/mol. The Kier molecular flexibility index (Phi) is 5.68. The van der Waals surface area contributed by atoms with Gasteiger partial charge in [0.05, 0.1) is 34.3 Å². The summed E-state index contributed by atoms with van der Waals surface area (Å²) >= 11 is 0. The molecule has 1 N–H and O–H groups in total. The lowest BCUT2D eigenvalue weighted by Gasteiger charge is -2.38. The highest BCUT2D eigenvalue weighted by Crippen LogP contribution is 2.32. The van der Waals surface area contributed by atoms with Gasteiger partial charge in [0.15, 0.2) is 21.4 Å². The summed E-state index contributed by atoms with van der Waals surface area (Å²) in [5.41, 5.74) is 0.106. The Morgan fingerprint density at radius 3 is 2.70 bits per heavy atom. The fourth-order valence-electron chi connectivity index (χ4n) is 3.62. The van der Waals surface area contributed by atoms with Crippen molar-refractivity contribution in [2.24, 2.45) is 7.05 Å². The van der Waals surface area contributed by atoms with Crippen LogP contribution in [0.5, 0.6) is 17.4 Å². The zero-order valence-electron chi connectivity index (χ0n) is 17.5. The van der Waals surface area contributed by atoms with Crippen molar-refractivity contribution in [3.05, 3.63) is 42.1 Å². The number of aryl methyl sites for hydroxylation is 1. The molecule has 1 aromatic carbocycles. The van der Waals surface area contributed by atoms with E-state index in [-0.39, 0.29) is 34.7 Å². The van der Waals surface area contributed by atoms with Gasteiger partial charge in [-0.05, 0) is 19.1 Å². The monoisotopic (exact) mass is 484 g/mol. The van der Waals surface area contributed by atoms with Crippen LogP contribution in [0, 0.1) is 5.82 Å². The van der Waals surface area contributed by atoms with Crippen LogP contribution in [-0.2, 0) is 16.9 Å². The Balaban J connectivity index is 1.57. The Bertz CT molecular complexity index is 1330. The van der Waals surface area contributed by atoms with Crippen LogP contribution in [-0.4, -0.2) is 58.9 Å². The number of ether oxygens (including phenoxy) is 2. The van der Waals surface area contributed by atoms with Crippen LogP contribution in [0.25, 0.3) is 11.0 Å². The van der Waals surface area contributed by atoms with Gasteiger partial charge in [-0.1, -0.05) is 0 Å². The summed E-state index contributed by atoms with van der Waals surface area (Å²) in [4.78, 5) is 20.7. The summed E-state index contributed by atoms with van der Waals surface area (Å²) in [6, 6.07) is 5.51. The molecule has 1 saturated heterocycles. The Morgan fingerprint density at radius 2 is 2.03 bits per heavy atom. The number of hydrogen-bond acceptors (Lipinski definition) is 7. The molecule has 176 valence electrons. The molecule has 0 atom stereocenters. The second kappa shape index (κ2) is 8.21. The van der Waals surface area contributed by atoms with Gasteiger partial charge in [-0.3, -0.25) is 4.79 Å². The third kappa shape index (κ3) is 4.87. The molecule has 0 unspecified atom stereocenters. The standard InChI is InChI=1S/C20H19F3N4O5S/c1-20(9-33(29,30)10-20)26-18(28)17-25-13-4-3-12(6-14(13)27(17)2)32-19-15(31-8-16(22)23)5-11(21)7-24-19/h3-7,16H,8-10H2,1-2H3,(H,26,28). The quantitative estimate of drug-likeness (QED) is 0.548. The number of aromatic nitrogens is 3. The summed E-state index contributed by atoms with van der Waals surface area (Å²) in [6.45, 7) is 0.685. The van der Waals surface area contributed by atoms with Gasteiger partial charge in [0.25, 0.3) is 18.2 Å². The van der Waals surface area contributed by atoms with Gasteiger partial charge in [-0.2, -0.15) is 0 Å². The van der Waals surface area contributed by atoms with E-state index in [1.807, 2.05) is 0 Å². The van der Waals surface area contributed by atoms with Gasteiger partial charge in [-0.25, -0.2) is 31.6 Å². The smallest absolute Gasteiger partial charge is 0.287 e. The number of carbonyl (C=O) groups is 1. The molecule has 33 heavy (non-hydrogen) atoms. The minimum Gasteiger partial charge on any atom is -0.482 e. The van der Waals surface area contributed by atoms with Crippen molar-refractivity contribution < 1.29 is 35.9 Å². The number of carbonyl (C=O) groups excluding carboxylic acids is 1. The number of fused-ring (bicyclic) bond motifs is 1. The van der Waals surface area contributed by atoms with E-state index in [0.29, 0.717) is 11.0 Å². The maximum absolute atomic E-state index is 13.5. The molecule has 4 rings (SSSR count). The second-order valence-electron chi connectivity index (χ2n) is 7.95. The molecule has 0 aliphatic carbocycles. The molecule has 1 aliphatic heterocycles. The summed E-state index contributed by atoms with van der Waals surface area (Å²) in [7, 11) is -1.54. The molecular weight excluding hydrogens is 465 g/mol. The van der Waals surface area contributed by atoms with Gasteiger partial charge in [0.1, 0.15) is 18.2 Å². The van der Waals surface area contributed by atoms with E-state index in [1.165, 1.54) is 16.7 Å². The number of hydrogen-bond donors (Lipinski definition) is 1. The highest BCUT2D eigenvalue weighted by atomic mass is 32.2. The normalized spacial score (nSPS) is 16.4. The number of amides is 1. The van der Waals surface area contributed by atoms with Gasteiger partial charge in [0, 0.05) is 19.2 Å². The number of benzene rings is 1. The zero-order valence-corrected chi connectivity index (χ0v) is 18.3. The average Bonchev–Trinajstić information content (AvgIpc) is 3.02. The van der Waals surface area contributed by atoms with Crippen LogP contribution in [0.15, 0.2) is 30.5 Å². The number of sulfone groups is 1. The van der Waals surface area contributed by atoms with E-state index in [2.05, 4.69) is 15.3 Å². The lowest BCUT2D eigenvalue weighted by atomic mass is 10.1. The fourth-order valence-corrected chi connectivity index (χ4v) is 5.62. The van der Waals surface area contributed by atoms with Gasteiger partial charge in [0.2, 0.25) is 0 Å². The molecule has 1 amide bonds. The second-order valence-corrected chi connectivity index (χ2v) is 10.0. The van der Waals surface area contributed by atoms with Gasteiger partial charge < -0.3 is 19.4 Å². The van der Waals surface area contributed by atoms with Gasteiger partial charge in [-0.15, -0.1) is 0 Å². The molecule has 9 nitrogen and oxygen atoms in total. The van der Waals surface area contributed by atoms with E-state index in [9.17, 15) is 26.4 Å². The van der Waals surface area contributed by atoms with Gasteiger partial charge >= 0.3 is 0 Å². The molecule has 2 aromatic heterocycles. The first-order chi connectivity index (χ1) is 15.4. The third-order valence-electron chi connectivity index (χ3n) is 4.91. The molecule has 13 heteroatoms. The minimum absolute atomic E-state index is 0.0635. The lowest BCUT2D eigenvalue weighted by Crippen LogP contribution is -2.63. The van der Waals surface area contributed by atoms with E-state index in [0.717, 1.165) is 12.3 Å². The van der Waals surface area contributed by atoms with Crippen molar-refractivity contribution in [2.75, 3.05) is 18.1 Å². The summed E-state index contributed by atoms with van der Waals surface area (Å²) < 4.78 is 73.4. The highest BCUT2D eigenvalue weighted by molar-refractivity contribution is 7.93. The molecule has 0 spiro atoms. The first kappa shape index (κ1) is 22.8. The molecule has 1 fully saturated rings. The van der Waals surface area contributed by atoms with Crippen molar-refractivity contribution in [1.82, 2.24) is 19.9 Å². The molecule has 3 heterocycles. The molecular formula is C20H19F3N4O5S. The lowest BCUT2D eigenvalue weighted by molar-refractivity contribution is 0.0802. The first-order valence-corrected chi connectivity index (χ1v) is 11.5. The number of halogens is 3. The Morgan fingerprint density at radius 1 is 1.30 bits per heavy atom. The number of imidazole rings is 1. The predicted octanol–water partition coefficient (Wildman–Crippen LogP) is 2.46. The van der Waals surface area contributed by atoms with E-state index >= 15 is 0 Å². The number of pyridine rings is 1. The molecule has 3 aromatic rings. The van der Waals surface area contributed by atoms with Crippen molar-refractivity contribution >= 4 is 26.8 Å². The van der Waals surface area contributed by atoms with Crippen molar-refractivity contribution in [2.45, 2.75) is 18.9 Å². The topological polar surface area (TPSA) is 112 Å². The van der Waals surface area contributed by atoms with Crippen LogP contribution in [0.3, 0.4) is 0 Å². The van der Waals surface area contributed by atoms with Crippen molar-refractivity contribution in [3.63, 3.8) is 0 Å². The van der Waals surface area contributed by atoms with Crippen LogP contribution in [0.2, 0.25) is 0 Å². The first-order valence-electron chi connectivity index (χ1n) is 9.68. The average molecular weight is 484 g/mol. The van der Waals surface area contributed by atoms with E-state index in [4.69, 9.17) is 9.47 Å². The Labute approximate surface area is 186 Å². The van der Waals surface area contributed by atoms with Crippen molar-refractivity contribution in [1.29, 1.82) is 0 Å². The van der Waals surface area contributed by atoms with Crippen LogP contribution >= 0.6 is 0 Å². The maximum Gasteiger partial charge on any atom is 0.287 e. The molecule has 0 saturated carbocycles. The van der Waals surface area contributed by atoms with E-state index in [1.54, 1.807) is 20.0 Å². The number of nitrogens with one attached hydrogen (secondary N) is 1. The zero-order chi connectivity index (χ0) is 24.0. The largest absolute Gasteiger partial charge is 0.482 e. The molecule has 0 radical (unpaired) electrons. The molecule has 1 aliphatic rings. The van der Waals surface area contributed by atoms with Crippen LogP contribution in [0.4, 0.5) is 13.2 Å². The molecule has 0 bridgehead atoms. The summed E-state index contributed by atoms with van der Waals surface area (Å²) in [6.07, 6.45) is -1.91.